The molecule has 6 heteroatoms. The SMILES string of the molecule is CC(=O)NCC1CCN(C(=O)c2ccc(N)cc2Cl)CC1. The molecule has 1 heterocycles. The molecule has 21 heavy (non-hydrogen) atoms. The van der Waals surface area contributed by atoms with Crippen LogP contribution in [0.3, 0.4) is 0 Å². The molecule has 0 spiro atoms. The summed E-state index contributed by atoms with van der Waals surface area (Å²) >= 11 is 6.08. The minimum absolute atomic E-state index is 0.0119. The van der Waals surface area contributed by atoms with E-state index in [-0.39, 0.29) is 11.8 Å². The summed E-state index contributed by atoms with van der Waals surface area (Å²) in [5.41, 5.74) is 6.68. The van der Waals surface area contributed by atoms with Gasteiger partial charge in [0.25, 0.3) is 5.91 Å². The first kappa shape index (κ1) is 15.6. The number of likely N-dealkylation sites (tertiary alicyclic amines) is 1. The molecule has 0 unspecified atom stereocenters. The molecule has 0 atom stereocenters. The van der Waals surface area contributed by atoms with E-state index in [1.807, 2.05) is 4.90 Å². The van der Waals surface area contributed by atoms with Crippen LogP contribution in [0.15, 0.2) is 18.2 Å². The fourth-order valence-corrected chi connectivity index (χ4v) is 2.77. The summed E-state index contributed by atoms with van der Waals surface area (Å²) in [7, 11) is 0. The van der Waals surface area contributed by atoms with Crippen molar-refractivity contribution < 1.29 is 9.59 Å². The Morgan fingerprint density at radius 3 is 2.62 bits per heavy atom. The van der Waals surface area contributed by atoms with Gasteiger partial charge in [0, 0.05) is 32.2 Å². The van der Waals surface area contributed by atoms with E-state index in [9.17, 15) is 9.59 Å². The second-order valence-electron chi connectivity index (χ2n) is 5.41. The van der Waals surface area contributed by atoms with Crippen LogP contribution in [0.25, 0.3) is 0 Å². The Labute approximate surface area is 129 Å². The number of hydrogen-bond acceptors (Lipinski definition) is 3. The van der Waals surface area contributed by atoms with Gasteiger partial charge in [0.2, 0.25) is 5.91 Å². The van der Waals surface area contributed by atoms with E-state index >= 15 is 0 Å². The van der Waals surface area contributed by atoms with Gasteiger partial charge in [-0.3, -0.25) is 9.59 Å². The standard InChI is InChI=1S/C15H20ClN3O2/c1-10(20)18-9-11-4-6-19(7-5-11)15(21)13-3-2-12(17)8-14(13)16/h2-3,8,11H,4-7,9,17H2,1H3,(H,18,20). The molecule has 0 aromatic heterocycles. The molecule has 1 aliphatic heterocycles. The first-order valence-corrected chi connectivity index (χ1v) is 7.44. The summed E-state index contributed by atoms with van der Waals surface area (Å²) in [5, 5.41) is 3.22. The van der Waals surface area contributed by atoms with Gasteiger partial charge in [-0.2, -0.15) is 0 Å². The smallest absolute Gasteiger partial charge is 0.255 e. The maximum Gasteiger partial charge on any atom is 0.255 e. The molecule has 3 N–H and O–H groups in total. The second-order valence-corrected chi connectivity index (χ2v) is 5.82. The maximum absolute atomic E-state index is 12.4. The first-order chi connectivity index (χ1) is 9.97. The number of nitrogen functional groups attached to an aromatic ring is 1. The number of rotatable bonds is 3. The van der Waals surface area contributed by atoms with Crippen molar-refractivity contribution in [1.29, 1.82) is 0 Å². The van der Waals surface area contributed by atoms with Gasteiger partial charge in [0.15, 0.2) is 0 Å². The normalized spacial score (nSPS) is 15.8. The third kappa shape index (κ3) is 4.11. The number of carbonyl (C=O) groups is 2. The lowest BCUT2D eigenvalue weighted by molar-refractivity contribution is -0.119. The molecular weight excluding hydrogens is 290 g/mol. The zero-order valence-electron chi connectivity index (χ0n) is 12.1. The number of nitrogens with one attached hydrogen (secondary N) is 1. The van der Waals surface area contributed by atoms with E-state index in [1.54, 1.807) is 18.2 Å². The lowest BCUT2D eigenvalue weighted by Crippen LogP contribution is -2.41. The van der Waals surface area contributed by atoms with Gasteiger partial charge < -0.3 is 16.0 Å². The molecule has 1 aliphatic rings. The third-order valence-electron chi connectivity index (χ3n) is 3.76. The minimum atomic E-state index is -0.0574. The number of halogens is 1. The number of carbonyl (C=O) groups excluding carboxylic acids is 2. The van der Waals surface area contributed by atoms with Crippen molar-refractivity contribution in [3.05, 3.63) is 28.8 Å². The van der Waals surface area contributed by atoms with Crippen LogP contribution in [0.5, 0.6) is 0 Å². The van der Waals surface area contributed by atoms with E-state index in [1.165, 1.54) is 6.92 Å². The molecule has 1 aromatic rings. The highest BCUT2D eigenvalue weighted by molar-refractivity contribution is 6.34. The first-order valence-electron chi connectivity index (χ1n) is 7.06. The second kappa shape index (κ2) is 6.80. The van der Waals surface area contributed by atoms with E-state index in [0.717, 1.165) is 12.8 Å². The van der Waals surface area contributed by atoms with Gasteiger partial charge in [-0.05, 0) is 37.0 Å². The minimum Gasteiger partial charge on any atom is -0.399 e. The number of hydrogen-bond donors (Lipinski definition) is 2. The van der Waals surface area contributed by atoms with Gasteiger partial charge in [0.1, 0.15) is 0 Å². The lowest BCUT2D eigenvalue weighted by Gasteiger charge is -2.32. The molecule has 5 nitrogen and oxygen atoms in total. The van der Waals surface area contributed by atoms with Crippen molar-refractivity contribution in [3.63, 3.8) is 0 Å². The van der Waals surface area contributed by atoms with Crippen LogP contribution in [0.2, 0.25) is 5.02 Å². The Hall–Kier alpha value is -1.75. The zero-order valence-corrected chi connectivity index (χ0v) is 12.8. The van der Waals surface area contributed by atoms with E-state index in [4.69, 9.17) is 17.3 Å². The molecular formula is C15H20ClN3O2. The molecule has 114 valence electrons. The fraction of sp³-hybridized carbons (Fsp3) is 0.467. The number of anilines is 1. The van der Waals surface area contributed by atoms with Crippen LogP contribution < -0.4 is 11.1 Å². The van der Waals surface area contributed by atoms with E-state index in [0.29, 0.717) is 41.8 Å². The summed E-state index contributed by atoms with van der Waals surface area (Å²) in [5.74, 6) is 0.361. The van der Waals surface area contributed by atoms with Crippen molar-refractivity contribution in [2.75, 3.05) is 25.4 Å². The molecule has 0 saturated carbocycles. The van der Waals surface area contributed by atoms with Crippen LogP contribution in [0.1, 0.15) is 30.1 Å². The highest BCUT2D eigenvalue weighted by Crippen LogP contribution is 2.23. The Morgan fingerprint density at radius 1 is 1.38 bits per heavy atom. The molecule has 2 rings (SSSR count). The van der Waals surface area contributed by atoms with Crippen molar-refractivity contribution in [2.45, 2.75) is 19.8 Å². The maximum atomic E-state index is 12.4. The summed E-state index contributed by atoms with van der Waals surface area (Å²) in [6.07, 6.45) is 1.78. The molecule has 2 amide bonds. The topological polar surface area (TPSA) is 75.4 Å². The number of nitrogens with zero attached hydrogens (tertiary/aromatic N) is 1. The van der Waals surface area contributed by atoms with Crippen LogP contribution in [0, 0.1) is 5.92 Å². The summed E-state index contributed by atoms with van der Waals surface area (Å²) in [6, 6.07) is 4.95. The number of piperidine rings is 1. The lowest BCUT2D eigenvalue weighted by atomic mass is 9.96. The Kier molecular flexibility index (Phi) is 5.07. The zero-order chi connectivity index (χ0) is 15.4. The van der Waals surface area contributed by atoms with E-state index in [2.05, 4.69) is 5.32 Å². The Bertz CT molecular complexity index is 540. The molecule has 1 fully saturated rings. The average molecular weight is 310 g/mol. The quantitative estimate of drug-likeness (QED) is 0.838. The molecule has 0 aliphatic carbocycles. The predicted molar refractivity (Wildman–Crippen MR) is 83.2 cm³/mol. The number of amides is 2. The third-order valence-corrected chi connectivity index (χ3v) is 4.08. The highest BCUT2D eigenvalue weighted by atomic mass is 35.5. The molecule has 1 saturated heterocycles. The van der Waals surface area contributed by atoms with Gasteiger partial charge in [-0.1, -0.05) is 11.6 Å². The summed E-state index contributed by atoms with van der Waals surface area (Å²) in [6.45, 7) is 3.56. The van der Waals surface area contributed by atoms with Crippen LogP contribution in [0.4, 0.5) is 5.69 Å². The number of nitrogens with two attached hydrogens (primary N) is 1. The van der Waals surface area contributed by atoms with Crippen molar-refractivity contribution in [1.82, 2.24) is 10.2 Å². The van der Waals surface area contributed by atoms with Crippen LogP contribution >= 0.6 is 11.6 Å². The van der Waals surface area contributed by atoms with E-state index < -0.39 is 0 Å². The summed E-state index contributed by atoms with van der Waals surface area (Å²) in [4.78, 5) is 25.2. The monoisotopic (exact) mass is 309 g/mol. The van der Waals surface area contributed by atoms with Gasteiger partial charge in [-0.25, -0.2) is 0 Å². The molecule has 1 aromatic carbocycles. The van der Waals surface area contributed by atoms with Crippen molar-refractivity contribution in [2.24, 2.45) is 5.92 Å². The number of benzene rings is 1. The Balaban J connectivity index is 1.92. The largest absolute Gasteiger partial charge is 0.399 e. The van der Waals surface area contributed by atoms with Crippen molar-refractivity contribution in [3.8, 4) is 0 Å². The molecule has 0 radical (unpaired) electrons. The summed E-state index contributed by atoms with van der Waals surface area (Å²) < 4.78 is 0. The highest BCUT2D eigenvalue weighted by Gasteiger charge is 2.24. The van der Waals surface area contributed by atoms with Gasteiger partial charge in [-0.15, -0.1) is 0 Å². The van der Waals surface area contributed by atoms with Crippen LogP contribution in [-0.2, 0) is 4.79 Å². The van der Waals surface area contributed by atoms with Gasteiger partial charge in [0.05, 0.1) is 10.6 Å². The average Bonchev–Trinajstić information content (AvgIpc) is 2.45. The predicted octanol–water partition coefficient (Wildman–Crippen LogP) is 1.91. The fourth-order valence-electron chi connectivity index (χ4n) is 2.50. The molecule has 0 bridgehead atoms. The van der Waals surface area contributed by atoms with Crippen LogP contribution in [-0.4, -0.2) is 36.3 Å². The van der Waals surface area contributed by atoms with Crippen molar-refractivity contribution >= 4 is 29.1 Å². The Morgan fingerprint density at radius 2 is 2.05 bits per heavy atom. The van der Waals surface area contributed by atoms with Gasteiger partial charge >= 0.3 is 0 Å².